The molecule has 0 atom stereocenters. The Bertz CT molecular complexity index is 257. The average Bonchev–Trinajstić information content (AvgIpc) is 2.66. The Morgan fingerprint density at radius 2 is 0.692 bits per heavy atom. The lowest BCUT2D eigenvalue weighted by Crippen LogP contribution is -2.18. The summed E-state index contributed by atoms with van der Waals surface area (Å²) in [6, 6.07) is 0. The SMILES string of the molecule is CCCCCCCCCCCCCCCCCCCCC(Cl)(CC)CC. The van der Waals surface area contributed by atoms with E-state index >= 15 is 0 Å². The average molecular weight is 387 g/mol. The fraction of sp³-hybridized carbons (Fsp3) is 1.00. The Morgan fingerprint density at radius 3 is 0.962 bits per heavy atom. The van der Waals surface area contributed by atoms with Crippen LogP contribution in [0.4, 0.5) is 0 Å². The standard InChI is InChI=1S/C25H51Cl/c1-4-7-8-9-10-11-12-13-14-15-16-17-18-19-20-21-22-23-24-25(26,5-2)6-3/h4-24H2,1-3H3. The maximum Gasteiger partial charge on any atom is 0.0441 e. The number of alkyl halides is 1. The van der Waals surface area contributed by atoms with E-state index in [1.165, 1.54) is 122 Å². The summed E-state index contributed by atoms with van der Waals surface area (Å²) < 4.78 is 0. The number of unbranched alkanes of at least 4 members (excludes halogenated alkanes) is 17. The Balaban J connectivity index is 3.11. The highest BCUT2D eigenvalue weighted by Gasteiger charge is 2.21. The molecule has 0 saturated carbocycles. The summed E-state index contributed by atoms with van der Waals surface area (Å²) in [4.78, 5) is 0.0923. The first kappa shape index (κ1) is 26.3. The van der Waals surface area contributed by atoms with Gasteiger partial charge in [0.2, 0.25) is 0 Å². The van der Waals surface area contributed by atoms with E-state index in [1.807, 2.05) is 0 Å². The molecule has 0 aliphatic carbocycles. The van der Waals surface area contributed by atoms with Crippen molar-refractivity contribution in [1.82, 2.24) is 0 Å². The molecule has 0 heterocycles. The van der Waals surface area contributed by atoms with E-state index in [1.54, 1.807) is 0 Å². The first-order chi connectivity index (χ1) is 12.7. The van der Waals surface area contributed by atoms with Crippen molar-refractivity contribution in [2.75, 3.05) is 0 Å². The van der Waals surface area contributed by atoms with Crippen LogP contribution in [0.15, 0.2) is 0 Å². The lowest BCUT2D eigenvalue weighted by Gasteiger charge is -2.23. The van der Waals surface area contributed by atoms with Gasteiger partial charge in [-0.3, -0.25) is 0 Å². The second-order valence-electron chi connectivity index (χ2n) is 8.62. The van der Waals surface area contributed by atoms with Crippen LogP contribution in [0.25, 0.3) is 0 Å². The van der Waals surface area contributed by atoms with Crippen molar-refractivity contribution in [3.8, 4) is 0 Å². The summed E-state index contributed by atoms with van der Waals surface area (Å²) in [5, 5.41) is 0. The minimum absolute atomic E-state index is 0.0923. The molecule has 0 aliphatic rings. The first-order valence-corrected chi connectivity index (χ1v) is 12.7. The molecule has 0 aromatic heterocycles. The van der Waals surface area contributed by atoms with Crippen molar-refractivity contribution >= 4 is 11.6 Å². The summed E-state index contributed by atoms with van der Waals surface area (Å²) in [5.74, 6) is 0. The second-order valence-corrected chi connectivity index (χ2v) is 9.42. The van der Waals surface area contributed by atoms with Crippen molar-refractivity contribution in [3.63, 3.8) is 0 Å². The summed E-state index contributed by atoms with van der Waals surface area (Å²) in [7, 11) is 0. The van der Waals surface area contributed by atoms with E-state index in [-0.39, 0.29) is 4.87 Å². The molecule has 0 aromatic carbocycles. The fourth-order valence-corrected chi connectivity index (χ4v) is 4.08. The van der Waals surface area contributed by atoms with Gasteiger partial charge in [0.05, 0.1) is 0 Å². The highest BCUT2D eigenvalue weighted by atomic mass is 35.5. The third kappa shape index (κ3) is 17.7. The zero-order valence-corrected chi connectivity index (χ0v) is 19.5. The number of hydrogen-bond acceptors (Lipinski definition) is 0. The van der Waals surface area contributed by atoms with Crippen molar-refractivity contribution in [2.24, 2.45) is 0 Å². The molecular formula is C25H51Cl. The predicted molar refractivity (Wildman–Crippen MR) is 123 cm³/mol. The molecule has 0 spiro atoms. The van der Waals surface area contributed by atoms with Gasteiger partial charge in [0.15, 0.2) is 0 Å². The van der Waals surface area contributed by atoms with Gasteiger partial charge in [-0.05, 0) is 19.3 Å². The van der Waals surface area contributed by atoms with Gasteiger partial charge in [-0.2, -0.15) is 0 Å². The lowest BCUT2D eigenvalue weighted by molar-refractivity contribution is 0.457. The van der Waals surface area contributed by atoms with Gasteiger partial charge in [-0.15, -0.1) is 11.6 Å². The zero-order chi connectivity index (χ0) is 19.3. The molecule has 0 unspecified atom stereocenters. The van der Waals surface area contributed by atoms with Crippen molar-refractivity contribution in [1.29, 1.82) is 0 Å². The largest absolute Gasteiger partial charge is 0.119 e. The van der Waals surface area contributed by atoms with Crippen molar-refractivity contribution in [3.05, 3.63) is 0 Å². The van der Waals surface area contributed by atoms with Gasteiger partial charge in [-0.1, -0.05) is 136 Å². The molecule has 26 heavy (non-hydrogen) atoms. The van der Waals surface area contributed by atoms with E-state index in [0.29, 0.717) is 0 Å². The number of rotatable bonds is 21. The normalized spacial score (nSPS) is 12.0. The lowest BCUT2D eigenvalue weighted by atomic mass is 9.94. The Morgan fingerprint density at radius 1 is 0.423 bits per heavy atom. The molecule has 0 aromatic rings. The summed E-state index contributed by atoms with van der Waals surface area (Å²) >= 11 is 6.58. The molecule has 0 fully saturated rings. The van der Waals surface area contributed by atoms with Crippen LogP contribution in [-0.4, -0.2) is 4.87 Å². The van der Waals surface area contributed by atoms with Crippen LogP contribution in [0.1, 0.15) is 156 Å². The molecule has 0 aliphatic heterocycles. The quantitative estimate of drug-likeness (QED) is 0.136. The van der Waals surface area contributed by atoms with Crippen LogP contribution in [0, 0.1) is 0 Å². The fourth-order valence-electron chi connectivity index (χ4n) is 3.95. The van der Waals surface area contributed by atoms with Crippen molar-refractivity contribution < 1.29 is 0 Å². The van der Waals surface area contributed by atoms with Crippen LogP contribution in [0.2, 0.25) is 0 Å². The van der Waals surface area contributed by atoms with E-state index in [2.05, 4.69) is 20.8 Å². The monoisotopic (exact) mass is 386 g/mol. The van der Waals surface area contributed by atoms with Gasteiger partial charge >= 0.3 is 0 Å². The summed E-state index contributed by atoms with van der Waals surface area (Å²) in [6.07, 6.45) is 29.4. The highest BCUT2D eigenvalue weighted by Crippen LogP contribution is 2.30. The first-order valence-electron chi connectivity index (χ1n) is 12.4. The minimum Gasteiger partial charge on any atom is -0.119 e. The molecule has 0 N–H and O–H groups in total. The Kier molecular flexibility index (Phi) is 20.3. The third-order valence-electron chi connectivity index (χ3n) is 6.25. The van der Waals surface area contributed by atoms with Crippen LogP contribution >= 0.6 is 11.6 Å². The maximum atomic E-state index is 6.58. The molecule has 0 amide bonds. The summed E-state index contributed by atoms with van der Waals surface area (Å²) in [6.45, 7) is 6.75. The van der Waals surface area contributed by atoms with E-state index < -0.39 is 0 Å². The predicted octanol–water partition coefficient (Wildman–Crippen LogP) is 10.2. The van der Waals surface area contributed by atoms with E-state index in [4.69, 9.17) is 11.6 Å². The smallest absolute Gasteiger partial charge is 0.0441 e. The van der Waals surface area contributed by atoms with E-state index in [0.717, 1.165) is 12.8 Å². The number of hydrogen-bond donors (Lipinski definition) is 0. The third-order valence-corrected chi connectivity index (χ3v) is 6.97. The molecule has 0 bridgehead atoms. The van der Waals surface area contributed by atoms with Crippen LogP contribution in [-0.2, 0) is 0 Å². The Hall–Kier alpha value is 0.290. The second kappa shape index (κ2) is 20.0. The molecule has 0 nitrogen and oxygen atoms in total. The molecule has 0 radical (unpaired) electrons. The molecule has 158 valence electrons. The molecule has 0 saturated heterocycles. The molecular weight excluding hydrogens is 336 g/mol. The van der Waals surface area contributed by atoms with Crippen LogP contribution in [0.3, 0.4) is 0 Å². The molecule has 0 rings (SSSR count). The molecule has 1 heteroatoms. The minimum atomic E-state index is 0.0923. The van der Waals surface area contributed by atoms with Gasteiger partial charge in [0, 0.05) is 4.87 Å². The van der Waals surface area contributed by atoms with Gasteiger partial charge < -0.3 is 0 Å². The Labute approximate surface area is 172 Å². The van der Waals surface area contributed by atoms with Gasteiger partial charge in [-0.25, -0.2) is 0 Å². The highest BCUT2D eigenvalue weighted by molar-refractivity contribution is 6.23. The van der Waals surface area contributed by atoms with Crippen LogP contribution in [0.5, 0.6) is 0 Å². The van der Waals surface area contributed by atoms with Crippen LogP contribution < -0.4 is 0 Å². The topological polar surface area (TPSA) is 0 Å². The van der Waals surface area contributed by atoms with Gasteiger partial charge in [0.25, 0.3) is 0 Å². The maximum absolute atomic E-state index is 6.58. The van der Waals surface area contributed by atoms with Gasteiger partial charge in [0.1, 0.15) is 0 Å². The summed E-state index contributed by atoms with van der Waals surface area (Å²) in [5.41, 5.74) is 0. The number of halogens is 1. The van der Waals surface area contributed by atoms with Crippen molar-refractivity contribution in [2.45, 2.75) is 160 Å². The zero-order valence-electron chi connectivity index (χ0n) is 18.7. The van der Waals surface area contributed by atoms with E-state index in [9.17, 15) is 0 Å².